The summed E-state index contributed by atoms with van der Waals surface area (Å²) < 4.78 is 5.52. The van der Waals surface area contributed by atoms with Crippen molar-refractivity contribution >= 4 is 11.6 Å². The Bertz CT molecular complexity index is 607. The fraction of sp³-hybridized carbons (Fsp3) is 0.133. The van der Waals surface area contributed by atoms with Crippen molar-refractivity contribution in [2.45, 2.75) is 0 Å². The number of amides is 1. The van der Waals surface area contributed by atoms with E-state index in [1.165, 1.54) is 12.1 Å². The van der Waals surface area contributed by atoms with Gasteiger partial charge in [-0.15, -0.1) is 0 Å². The molecule has 0 aromatic heterocycles. The Morgan fingerprint density at radius 1 is 1.11 bits per heavy atom. The van der Waals surface area contributed by atoms with Crippen LogP contribution in [0.2, 0.25) is 0 Å². The lowest BCUT2D eigenvalue weighted by atomic mass is 10.1. The molecule has 0 aliphatic carbocycles. The lowest BCUT2D eigenvalue weighted by molar-refractivity contribution is 0.0976. The van der Waals surface area contributed by atoms with E-state index in [0.717, 1.165) is 11.4 Å². The van der Waals surface area contributed by atoms with E-state index in [-0.39, 0.29) is 11.7 Å². The first-order chi connectivity index (χ1) is 9.25. The molecule has 2 aromatic carbocycles. The number of nitrogens with zero attached hydrogens (tertiary/aromatic N) is 1. The number of para-hydroxylation sites is 2. The summed E-state index contributed by atoms with van der Waals surface area (Å²) in [4.78, 5) is 14.2. The van der Waals surface area contributed by atoms with Crippen molar-refractivity contribution in [2.75, 3.05) is 18.1 Å². The Morgan fingerprint density at radius 3 is 2.63 bits per heavy atom. The van der Waals surface area contributed by atoms with E-state index in [9.17, 15) is 9.90 Å². The molecule has 4 heteroatoms. The minimum absolute atomic E-state index is 0.0873. The summed E-state index contributed by atoms with van der Waals surface area (Å²) in [5.74, 6) is 0.788. The molecule has 3 rings (SSSR count). The molecule has 1 amide bonds. The zero-order valence-corrected chi connectivity index (χ0v) is 10.2. The van der Waals surface area contributed by atoms with E-state index >= 15 is 0 Å². The summed E-state index contributed by atoms with van der Waals surface area (Å²) in [6.07, 6.45) is 0. The van der Waals surface area contributed by atoms with Crippen molar-refractivity contribution in [3.63, 3.8) is 0 Å². The molecule has 4 nitrogen and oxygen atoms in total. The van der Waals surface area contributed by atoms with Gasteiger partial charge in [-0.1, -0.05) is 12.1 Å². The Hall–Kier alpha value is -2.49. The number of benzene rings is 2. The van der Waals surface area contributed by atoms with Crippen molar-refractivity contribution in [1.82, 2.24) is 0 Å². The summed E-state index contributed by atoms with van der Waals surface area (Å²) in [6, 6.07) is 13.8. The zero-order valence-electron chi connectivity index (χ0n) is 10.2. The van der Waals surface area contributed by atoms with Crippen LogP contribution in [0.4, 0.5) is 5.69 Å². The van der Waals surface area contributed by atoms with Crippen molar-refractivity contribution < 1.29 is 14.6 Å². The number of hydrogen-bond donors (Lipinski definition) is 1. The molecule has 1 N–H and O–H groups in total. The van der Waals surface area contributed by atoms with Gasteiger partial charge in [0.15, 0.2) is 0 Å². The lowest BCUT2D eigenvalue weighted by Gasteiger charge is -2.29. The normalized spacial score (nSPS) is 13.6. The molecule has 96 valence electrons. The predicted molar refractivity (Wildman–Crippen MR) is 71.7 cm³/mol. The number of fused-ring (bicyclic) bond motifs is 1. The average Bonchev–Trinajstić information content (AvgIpc) is 2.47. The number of phenolic OH excluding ortho intramolecular Hbond substituents is 1. The highest BCUT2D eigenvalue weighted by Gasteiger charge is 2.24. The van der Waals surface area contributed by atoms with Crippen LogP contribution in [0, 0.1) is 0 Å². The molecular weight excluding hydrogens is 242 g/mol. The predicted octanol–water partition coefficient (Wildman–Crippen LogP) is 2.43. The van der Waals surface area contributed by atoms with Crippen LogP contribution in [0.25, 0.3) is 0 Å². The van der Waals surface area contributed by atoms with E-state index in [4.69, 9.17) is 4.74 Å². The van der Waals surface area contributed by atoms with Gasteiger partial charge in [-0.3, -0.25) is 4.79 Å². The summed E-state index contributed by atoms with van der Waals surface area (Å²) in [5.41, 5.74) is 1.33. The molecule has 1 aliphatic heterocycles. The van der Waals surface area contributed by atoms with Gasteiger partial charge < -0.3 is 14.7 Å². The second-order valence-corrected chi connectivity index (χ2v) is 4.32. The molecule has 0 unspecified atom stereocenters. The quantitative estimate of drug-likeness (QED) is 0.851. The number of ether oxygens (including phenoxy) is 1. The van der Waals surface area contributed by atoms with Crippen molar-refractivity contribution in [1.29, 1.82) is 0 Å². The smallest absolute Gasteiger partial charge is 0.258 e. The second-order valence-electron chi connectivity index (χ2n) is 4.32. The largest absolute Gasteiger partial charge is 0.508 e. The molecule has 2 aromatic rings. The zero-order chi connectivity index (χ0) is 13.2. The molecule has 0 radical (unpaired) electrons. The monoisotopic (exact) mass is 255 g/mol. The van der Waals surface area contributed by atoms with Gasteiger partial charge in [-0.25, -0.2) is 0 Å². The van der Waals surface area contributed by atoms with Gasteiger partial charge in [0, 0.05) is 5.56 Å². The van der Waals surface area contributed by atoms with E-state index in [1.54, 1.807) is 17.0 Å². The number of phenols is 1. The first kappa shape index (κ1) is 11.6. The van der Waals surface area contributed by atoms with E-state index in [0.29, 0.717) is 18.7 Å². The third kappa shape index (κ3) is 2.12. The molecule has 0 fully saturated rings. The average molecular weight is 255 g/mol. The number of carbonyl (C=O) groups excluding carboxylic acids is 1. The van der Waals surface area contributed by atoms with Crippen LogP contribution in [-0.4, -0.2) is 24.2 Å². The van der Waals surface area contributed by atoms with Crippen LogP contribution in [0.1, 0.15) is 10.4 Å². The molecule has 1 heterocycles. The van der Waals surface area contributed by atoms with Crippen LogP contribution in [0.5, 0.6) is 11.5 Å². The maximum atomic E-state index is 12.5. The highest BCUT2D eigenvalue weighted by molar-refractivity contribution is 6.07. The van der Waals surface area contributed by atoms with Crippen LogP contribution in [-0.2, 0) is 0 Å². The minimum atomic E-state index is -0.0873. The fourth-order valence-corrected chi connectivity index (χ4v) is 2.14. The van der Waals surface area contributed by atoms with Gasteiger partial charge in [0.1, 0.15) is 18.1 Å². The van der Waals surface area contributed by atoms with E-state index < -0.39 is 0 Å². The number of rotatable bonds is 1. The third-order valence-corrected chi connectivity index (χ3v) is 3.09. The van der Waals surface area contributed by atoms with Gasteiger partial charge in [-0.05, 0) is 36.4 Å². The SMILES string of the molecule is O=C(c1ccc(O)cc1)N1CCOc2ccccc21. The van der Waals surface area contributed by atoms with Gasteiger partial charge in [0.2, 0.25) is 0 Å². The third-order valence-electron chi connectivity index (χ3n) is 3.09. The molecule has 0 saturated carbocycles. The Balaban J connectivity index is 1.95. The van der Waals surface area contributed by atoms with Crippen molar-refractivity contribution in [3.8, 4) is 11.5 Å². The van der Waals surface area contributed by atoms with Gasteiger partial charge in [0.25, 0.3) is 5.91 Å². The molecule has 0 atom stereocenters. The lowest BCUT2D eigenvalue weighted by Crippen LogP contribution is -2.37. The summed E-state index contributed by atoms with van der Waals surface area (Å²) >= 11 is 0. The van der Waals surface area contributed by atoms with Gasteiger partial charge in [-0.2, -0.15) is 0 Å². The molecule has 1 aliphatic rings. The van der Waals surface area contributed by atoms with Crippen LogP contribution < -0.4 is 9.64 Å². The maximum Gasteiger partial charge on any atom is 0.258 e. The second kappa shape index (κ2) is 4.65. The Kier molecular flexibility index (Phi) is 2.83. The highest BCUT2D eigenvalue weighted by Crippen LogP contribution is 2.32. The number of aromatic hydroxyl groups is 1. The number of anilines is 1. The van der Waals surface area contributed by atoms with Gasteiger partial charge >= 0.3 is 0 Å². The molecule has 0 bridgehead atoms. The summed E-state index contributed by atoms with van der Waals surface area (Å²) in [5, 5.41) is 9.26. The number of carbonyl (C=O) groups is 1. The Labute approximate surface area is 110 Å². The molecule has 19 heavy (non-hydrogen) atoms. The van der Waals surface area contributed by atoms with Crippen molar-refractivity contribution in [2.24, 2.45) is 0 Å². The van der Waals surface area contributed by atoms with Crippen LogP contribution in [0.3, 0.4) is 0 Å². The van der Waals surface area contributed by atoms with E-state index in [2.05, 4.69) is 0 Å². The first-order valence-electron chi connectivity index (χ1n) is 6.08. The van der Waals surface area contributed by atoms with Crippen LogP contribution >= 0.6 is 0 Å². The highest BCUT2D eigenvalue weighted by atomic mass is 16.5. The number of hydrogen-bond acceptors (Lipinski definition) is 3. The summed E-state index contributed by atoms with van der Waals surface area (Å²) in [7, 11) is 0. The molecular formula is C15H13NO3. The Morgan fingerprint density at radius 2 is 1.84 bits per heavy atom. The molecule has 0 saturated heterocycles. The van der Waals surface area contributed by atoms with Crippen LogP contribution in [0.15, 0.2) is 48.5 Å². The maximum absolute atomic E-state index is 12.5. The first-order valence-corrected chi connectivity index (χ1v) is 6.08. The standard InChI is InChI=1S/C15H13NO3/c17-12-7-5-11(6-8-12)15(18)16-9-10-19-14-4-2-1-3-13(14)16/h1-8,17H,9-10H2. The topological polar surface area (TPSA) is 49.8 Å². The molecule has 0 spiro atoms. The van der Waals surface area contributed by atoms with Gasteiger partial charge in [0.05, 0.1) is 12.2 Å². The summed E-state index contributed by atoms with van der Waals surface area (Å²) in [6.45, 7) is 1.01. The van der Waals surface area contributed by atoms with E-state index in [1.807, 2.05) is 24.3 Å². The van der Waals surface area contributed by atoms with Crippen molar-refractivity contribution in [3.05, 3.63) is 54.1 Å². The fourth-order valence-electron chi connectivity index (χ4n) is 2.14. The minimum Gasteiger partial charge on any atom is -0.508 e.